The van der Waals surface area contributed by atoms with Crippen LogP contribution in [0.4, 0.5) is 4.79 Å². The van der Waals surface area contributed by atoms with Gasteiger partial charge in [0.25, 0.3) is 0 Å². The smallest absolute Gasteiger partial charge is 0.408 e. The van der Waals surface area contributed by atoms with E-state index in [-0.39, 0.29) is 45.1 Å². The van der Waals surface area contributed by atoms with E-state index >= 15 is 9.59 Å². The molecular weight excluding hydrogens is 1260 g/mol. The fourth-order valence-corrected chi connectivity index (χ4v) is 9.82. The highest BCUT2D eigenvalue weighted by Crippen LogP contribution is 2.25. The fourth-order valence-electron chi connectivity index (χ4n) is 9.82. The van der Waals surface area contributed by atoms with Crippen LogP contribution in [0.2, 0.25) is 0 Å². The Balaban J connectivity index is 4.55. The molecule has 0 radical (unpaired) electrons. The van der Waals surface area contributed by atoms with Crippen molar-refractivity contribution < 1.29 is 87.5 Å². The lowest BCUT2D eigenvalue weighted by atomic mass is 9.86. The van der Waals surface area contributed by atoms with E-state index in [1.165, 1.54) is 27.7 Å². The maximum atomic E-state index is 15.4. The number of carbonyl (C=O) groups excluding carboxylic acids is 13. The Morgan fingerprint density at radius 3 is 1.57 bits per heavy atom. The first-order chi connectivity index (χ1) is 44.0. The fraction of sp³-hybridized carbons (Fsp3) is 0.774. The lowest BCUT2D eigenvalue weighted by molar-refractivity contribution is -0.140. The molecule has 0 bridgehead atoms. The van der Waals surface area contributed by atoms with Crippen LogP contribution in [-0.2, 0) is 62.3 Å². The van der Waals surface area contributed by atoms with Gasteiger partial charge in [-0.15, -0.1) is 0 Å². The van der Waals surface area contributed by atoms with Gasteiger partial charge in [0.2, 0.25) is 70.9 Å². The number of rotatable bonds is 22. The zero-order valence-electron chi connectivity index (χ0n) is 58.9. The van der Waals surface area contributed by atoms with E-state index in [9.17, 15) is 73.2 Å². The summed E-state index contributed by atoms with van der Waals surface area (Å²) in [6.45, 7) is 26.7. The molecule has 1 heterocycles. The molecule has 1 unspecified atom stereocenters. The molecular formula is C62H112N16O18. The third-order valence-electron chi connectivity index (χ3n) is 15.1. The standard InChI is InChI=1S/C62H112N16O18/c1-19-31(8)40-54(91)76-41(32(9)80)53(90)67-26-38(81)73-44(46(83)47(63)84)57(94)71-37(27-79)52(89)74-39(29(4)5)42(77-51(88)35(24-60(10,11)12)70-50(87)36(25-61(13,14)15)72-59(95)96-62(16,17)18)55(92)78-43(45(82)30(6)7)56(93)69-34(23-28(2)3)49(86)68-33(48(85)75-40)21-20-22-66-58(64)65/h28-37,39-46,79-80,82-83H,19-27H2,1-18H3,(H2,63,84)(H,67,90)(H,68,86)(H,69,93)(H,70,87)(H,71,94)(H,72,95)(H,73,81)(H,74,89)(H,75,85)(H,76,91)(H,77,88)(H,78,92)(H4,64,65,66)/t31-,32-,33+,34-,35-,36+,37?,39+,40-,41-,42-,43-,44-,45+,46-/m0/s1. The number of hydrogen-bond donors (Lipinski definition) is 20. The van der Waals surface area contributed by atoms with Crippen LogP contribution in [0.5, 0.6) is 0 Å². The molecule has 0 saturated carbocycles. The van der Waals surface area contributed by atoms with Gasteiger partial charge in [-0.3, -0.25) is 62.9 Å². The normalized spacial score (nSPS) is 24.3. The summed E-state index contributed by atoms with van der Waals surface area (Å²) in [4.78, 5) is 185. The first-order valence-corrected chi connectivity index (χ1v) is 32.4. The molecule has 1 fully saturated rings. The molecule has 1 saturated heterocycles. The minimum absolute atomic E-state index is 0.00953. The van der Waals surface area contributed by atoms with E-state index in [4.69, 9.17) is 21.6 Å². The predicted molar refractivity (Wildman–Crippen MR) is 351 cm³/mol. The second-order valence-electron chi connectivity index (χ2n) is 29.0. The number of aliphatic hydroxyl groups is 4. The van der Waals surface area contributed by atoms with Crippen LogP contribution < -0.4 is 80.6 Å². The number of primary amides is 1. The molecule has 0 aromatic rings. The van der Waals surface area contributed by atoms with Crippen molar-refractivity contribution in [3.05, 3.63) is 0 Å². The summed E-state index contributed by atoms with van der Waals surface area (Å²) in [7, 11) is 0. The second-order valence-corrected chi connectivity index (χ2v) is 29.0. The van der Waals surface area contributed by atoms with Crippen LogP contribution >= 0.6 is 0 Å². The molecule has 34 nitrogen and oxygen atoms in total. The summed E-state index contributed by atoms with van der Waals surface area (Å²) in [6, 6.07) is -19.6. The Hall–Kier alpha value is -7.98. The maximum absolute atomic E-state index is 15.4. The molecule has 548 valence electrons. The largest absolute Gasteiger partial charge is 0.444 e. The molecule has 1 aliphatic rings. The lowest BCUT2D eigenvalue weighted by Crippen LogP contribution is -2.68. The summed E-state index contributed by atoms with van der Waals surface area (Å²) in [6.07, 6.45) is -7.22. The molecule has 96 heavy (non-hydrogen) atoms. The van der Waals surface area contributed by atoms with Crippen molar-refractivity contribution in [1.82, 2.24) is 69.1 Å². The molecule has 13 amide bonds. The van der Waals surface area contributed by atoms with Gasteiger partial charge in [0.1, 0.15) is 66.0 Å². The number of amides is 13. The third-order valence-corrected chi connectivity index (χ3v) is 15.1. The minimum atomic E-state index is -2.56. The van der Waals surface area contributed by atoms with Crippen molar-refractivity contribution in [2.24, 2.45) is 46.0 Å². The Labute approximate surface area is 562 Å². The third kappa shape index (κ3) is 30.4. The zero-order chi connectivity index (χ0) is 74.2. The zero-order valence-corrected chi connectivity index (χ0v) is 58.9. The second kappa shape index (κ2) is 38.7. The van der Waals surface area contributed by atoms with Crippen molar-refractivity contribution in [2.75, 3.05) is 19.7 Å². The number of nitrogens with one attached hydrogen (secondary N) is 14. The minimum Gasteiger partial charge on any atom is -0.444 e. The number of ether oxygens (including phenoxy) is 1. The Bertz CT molecular complexity index is 2710. The summed E-state index contributed by atoms with van der Waals surface area (Å²) < 4.78 is 5.45. The Morgan fingerprint density at radius 2 is 1.09 bits per heavy atom. The lowest BCUT2D eigenvalue weighted by Gasteiger charge is -2.36. The van der Waals surface area contributed by atoms with E-state index in [0.717, 1.165) is 6.92 Å². The van der Waals surface area contributed by atoms with Gasteiger partial charge >= 0.3 is 6.09 Å². The molecule has 0 spiro atoms. The van der Waals surface area contributed by atoms with Gasteiger partial charge in [0, 0.05) is 6.54 Å². The molecule has 34 heteroatoms. The molecule has 0 aromatic carbocycles. The van der Waals surface area contributed by atoms with Gasteiger partial charge in [-0.05, 0) is 94.3 Å². The monoisotopic (exact) mass is 1370 g/mol. The molecule has 0 aliphatic carbocycles. The number of alkyl carbamates (subject to hydrolysis) is 1. The average molecular weight is 1370 g/mol. The van der Waals surface area contributed by atoms with Crippen LogP contribution in [0.1, 0.15) is 163 Å². The summed E-state index contributed by atoms with van der Waals surface area (Å²) >= 11 is 0. The van der Waals surface area contributed by atoms with Crippen LogP contribution in [0.25, 0.3) is 0 Å². The van der Waals surface area contributed by atoms with Crippen molar-refractivity contribution in [3.8, 4) is 0 Å². The van der Waals surface area contributed by atoms with Crippen LogP contribution in [-0.4, -0.2) is 213 Å². The SMILES string of the molecule is CC[C@H](C)[C@@H]1NC(=O)[C@@H](CCCNC(=N)N)NC(=O)[C@H](CC(C)C)NC(=O)[C@H]([C@H](O)C(C)C)NC(=O)[C@@H](NC(=O)[C@H](CC(C)(C)C)NC(=O)[C@@H](CC(C)(C)C)NC(=O)OC(C)(C)C)[C@@H](C(C)C)NC(=O)C(CO)NC(=O)[C@H]([C@H](O)C(N)=O)NC(=O)CNC(=O)[C@H]([C@H](C)O)NC1=O. The number of guanidine groups is 1. The first kappa shape index (κ1) is 86.0. The van der Waals surface area contributed by atoms with Crippen LogP contribution in [0.15, 0.2) is 0 Å². The molecule has 1 rings (SSSR count). The Morgan fingerprint density at radius 1 is 0.604 bits per heavy atom. The quantitative estimate of drug-likeness (QED) is 0.0279. The van der Waals surface area contributed by atoms with Gasteiger partial charge in [-0.1, -0.05) is 103 Å². The molecule has 22 N–H and O–H groups in total. The summed E-state index contributed by atoms with van der Waals surface area (Å²) in [5, 5.41) is 83.8. The summed E-state index contributed by atoms with van der Waals surface area (Å²) in [5.41, 5.74) is 8.46. The van der Waals surface area contributed by atoms with E-state index in [2.05, 4.69) is 63.8 Å². The van der Waals surface area contributed by atoms with Gasteiger partial charge < -0.3 is 106 Å². The van der Waals surface area contributed by atoms with Crippen molar-refractivity contribution in [3.63, 3.8) is 0 Å². The number of carbonyl (C=O) groups is 13. The van der Waals surface area contributed by atoms with Crippen molar-refractivity contribution >= 4 is 82.9 Å². The number of nitrogens with two attached hydrogens (primary N) is 2. The number of aliphatic hydroxyl groups excluding tert-OH is 4. The van der Waals surface area contributed by atoms with Crippen molar-refractivity contribution in [2.45, 2.75) is 254 Å². The number of hydrogen-bond acceptors (Lipinski definition) is 19. The summed E-state index contributed by atoms with van der Waals surface area (Å²) in [5.74, 6) is -17.7. The van der Waals surface area contributed by atoms with Crippen LogP contribution in [0.3, 0.4) is 0 Å². The van der Waals surface area contributed by atoms with E-state index in [1.54, 1.807) is 90.0 Å². The van der Waals surface area contributed by atoms with E-state index < -0.39 is 221 Å². The van der Waals surface area contributed by atoms with Crippen LogP contribution in [0, 0.1) is 39.9 Å². The van der Waals surface area contributed by atoms with Crippen molar-refractivity contribution in [1.29, 1.82) is 5.41 Å². The van der Waals surface area contributed by atoms with E-state index in [0.29, 0.717) is 0 Å². The van der Waals surface area contributed by atoms with Gasteiger partial charge in [-0.2, -0.15) is 0 Å². The molecule has 0 aromatic heterocycles. The maximum Gasteiger partial charge on any atom is 0.408 e. The van der Waals surface area contributed by atoms with Gasteiger partial charge in [0.15, 0.2) is 12.1 Å². The topological polar surface area (TPSA) is 544 Å². The molecule has 15 atom stereocenters. The van der Waals surface area contributed by atoms with Gasteiger partial charge in [-0.25, -0.2) is 4.79 Å². The highest BCUT2D eigenvalue weighted by atomic mass is 16.6. The first-order valence-electron chi connectivity index (χ1n) is 32.4. The predicted octanol–water partition coefficient (Wildman–Crippen LogP) is -4.02. The van der Waals surface area contributed by atoms with E-state index in [1.807, 2.05) is 5.32 Å². The average Bonchev–Trinajstić information content (AvgIpc) is 1.00. The highest BCUT2D eigenvalue weighted by molar-refractivity contribution is 6.01. The Kier molecular flexibility index (Phi) is 34.7. The van der Waals surface area contributed by atoms with Gasteiger partial charge in [0.05, 0.1) is 31.4 Å². The highest BCUT2D eigenvalue weighted by Gasteiger charge is 2.44. The molecule has 1 aliphatic heterocycles.